The molecule has 1 fully saturated rings. The number of aromatic nitrogens is 1. The molecule has 6 nitrogen and oxygen atoms in total. The van der Waals surface area contributed by atoms with Crippen LogP contribution in [-0.4, -0.2) is 47.2 Å². The Balaban J connectivity index is 1.66. The molecule has 0 bridgehead atoms. The number of piperidine rings is 1. The average molecular weight is 343 g/mol. The molecule has 1 aliphatic rings. The van der Waals surface area contributed by atoms with Crippen molar-refractivity contribution in [1.29, 1.82) is 0 Å². The molecule has 1 aliphatic heterocycles. The number of nitrogens with zero attached hydrogens (tertiary/aromatic N) is 2. The minimum absolute atomic E-state index is 0.0424. The summed E-state index contributed by atoms with van der Waals surface area (Å²) in [7, 11) is 0. The van der Waals surface area contributed by atoms with Gasteiger partial charge < -0.3 is 19.5 Å². The van der Waals surface area contributed by atoms with Crippen LogP contribution in [0.25, 0.3) is 10.9 Å². The number of para-hydroxylation sites is 1. The molecule has 3 rings (SSSR count). The minimum atomic E-state index is -0.408. The van der Waals surface area contributed by atoms with E-state index in [1.54, 1.807) is 6.92 Å². The van der Waals surface area contributed by atoms with Crippen molar-refractivity contribution in [2.24, 2.45) is 0 Å². The zero-order chi connectivity index (χ0) is 17.8. The molecule has 0 aliphatic carbocycles. The van der Waals surface area contributed by atoms with Crippen LogP contribution in [0.4, 0.5) is 4.79 Å². The van der Waals surface area contributed by atoms with Crippen LogP contribution < -0.4 is 5.32 Å². The molecule has 0 radical (unpaired) electrons. The van der Waals surface area contributed by atoms with Gasteiger partial charge in [-0.1, -0.05) is 18.2 Å². The highest BCUT2D eigenvalue weighted by Crippen LogP contribution is 2.20. The van der Waals surface area contributed by atoms with E-state index in [-0.39, 0.29) is 11.9 Å². The summed E-state index contributed by atoms with van der Waals surface area (Å²) in [5.41, 5.74) is 2.15. The van der Waals surface area contributed by atoms with Gasteiger partial charge in [0.25, 0.3) is 0 Å². The van der Waals surface area contributed by atoms with Gasteiger partial charge in [0.15, 0.2) is 0 Å². The molecule has 0 saturated carbocycles. The van der Waals surface area contributed by atoms with Gasteiger partial charge in [0.05, 0.1) is 6.61 Å². The Morgan fingerprint density at radius 2 is 2.12 bits per heavy atom. The Morgan fingerprint density at radius 1 is 1.32 bits per heavy atom. The van der Waals surface area contributed by atoms with E-state index < -0.39 is 6.09 Å². The number of nitrogens with one attached hydrogen (secondary N) is 1. The van der Waals surface area contributed by atoms with E-state index in [1.807, 2.05) is 30.0 Å². The Bertz CT molecular complexity index is 768. The summed E-state index contributed by atoms with van der Waals surface area (Å²) in [5, 5.41) is 3.99. The summed E-state index contributed by atoms with van der Waals surface area (Å²) in [6.45, 7) is 5.75. The number of alkyl carbamates (subject to hydrolysis) is 1. The molecule has 1 aromatic heterocycles. The zero-order valence-corrected chi connectivity index (χ0v) is 14.8. The molecule has 1 saturated heterocycles. The minimum Gasteiger partial charge on any atom is -0.450 e. The van der Waals surface area contributed by atoms with Crippen molar-refractivity contribution >= 4 is 22.9 Å². The van der Waals surface area contributed by atoms with Gasteiger partial charge in [0, 0.05) is 30.3 Å². The highest BCUT2D eigenvalue weighted by atomic mass is 16.5. The average Bonchev–Trinajstić information content (AvgIpc) is 2.91. The number of carbonyl (C=O) groups excluding carboxylic acids is 2. The molecule has 2 amide bonds. The topological polar surface area (TPSA) is 63.6 Å². The number of hydrogen-bond donors (Lipinski definition) is 1. The first-order chi connectivity index (χ1) is 12.1. The van der Waals surface area contributed by atoms with Crippen LogP contribution in [0, 0.1) is 6.92 Å². The molecular formula is C19H25N3O3. The molecule has 6 heteroatoms. The van der Waals surface area contributed by atoms with Gasteiger partial charge >= 0.3 is 6.09 Å². The van der Waals surface area contributed by atoms with Crippen LogP contribution in [0.3, 0.4) is 0 Å². The van der Waals surface area contributed by atoms with Crippen molar-refractivity contribution in [3.8, 4) is 0 Å². The lowest BCUT2D eigenvalue weighted by Crippen LogP contribution is -2.50. The van der Waals surface area contributed by atoms with Crippen molar-refractivity contribution in [1.82, 2.24) is 14.8 Å². The van der Waals surface area contributed by atoms with E-state index in [2.05, 4.69) is 22.0 Å². The van der Waals surface area contributed by atoms with Crippen LogP contribution in [0.1, 0.15) is 25.5 Å². The predicted molar refractivity (Wildman–Crippen MR) is 96.4 cm³/mol. The second-order valence-corrected chi connectivity index (χ2v) is 6.47. The Hall–Kier alpha value is -2.50. The number of benzene rings is 1. The van der Waals surface area contributed by atoms with Crippen molar-refractivity contribution in [3.05, 3.63) is 36.0 Å². The molecule has 1 atom stereocenters. The number of aryl methyl sites for hydroxylation is 1. The normalized spacial score (nSPS) is 17.5. The van der Waals surface area contributed by atoms with Crippen LogP contribution in [0.15, 0.2) is 30.3 Å². The fraction of sp³-hybridized carbons (Fsp3) is 0.474. The van der Waals surface area contributed by atoms with Gasteiger partial charge in [-0.25, -0.2) is 4.79 Å². The summed E-state index contributed by atoms with van der Waals surface area (Å²) in [6.07, 6.45) is 1.34. The van der Waals surface area contributed by atoms with Gasteiger partial charge in [0.2, 0.25) is 5.91 Å². The van der Waals surface area contributed by atoms with Crippen molar-refractivity contribution in [3.63, 3.8) is 0 Å². The lowest BCUT2D eigenvalue weighted by molar-refractivity contribution is -0.133. The third-order valence-electron chi connectivity index (χ3n) is 4.68. The fourth-order valence-corrected chi connectivity index (χ4v) is 3.45. The third-order valence-corrected chi connectivity index (χ3v) is 4.68. The molecule has 25 heavy (non-hydrogen) atoms. The first-order valence-corrected chi connectivity index (χ1v) is 8.84. The smallest absolute Gasteiger partial charge is 0.407 e. The summed E-state index contributed by atoms with van der Waals surface area (Å²) in [4.78, 5) is 26.2. The highest BCUT2D eigenvalue weighted by molar-refractivity contribution is 5.84. The number of hydrogen-bond acceptors (Lipinski definition) is 3. The van der Waals surface area contributed by atoms with E-state index in [4.69, 9.17) is 4.74 Å². The summed E-state index contributed by atoms with van der Waals surface area (Å²) >= 11 is 0. The second kappa shape index (κ2) is 7.59. The van der Waals surface area contributed by atoms with Crippen LogP contribution >= 0.6 is 0 Å². The molecule has 1 N–H and O–H groups in total. The molecule has 0 spiro atoms. The zero-order valence-electron chi connectivity index (χ0n) is 14.8. The summed E-state index contributed by atoms with van der Waals surface area (Å²) < 4.78 is 6.99. The van der Waals surface area contributed by atoms with Gasteiger partial charge in [-0.05, 0) is 44.2 Å². The van der Waals surface area contributed by atoms with Gasteiger partial charge in [-0.15, -0.1) is 0 Å². The quantitative estimate of drug-likeness (QED) is 0.928. The molecule has 2 aromatic rings. The summed E-state index contributed by atoms with van der Waals surface area (Å²) in [6, 6.07) is 10.1. The number of likely N-dealkylation sites (tertiary alicyclic amines) is 1. The third kappa shape index (κ3) is 3.95. The number of fused-ring (bicyclic) bond motifs is 1. The first kappa shape index (κ1) is 17.3. The van der Waals surface area contributed by atoms with E-state index in [9.17, 15) is 9.59 Å². The predicted octanol–water partition coefficient (Wildman–Crippen LogP) is 2.69. The lowest BCUT2D eigenvalue weighted by Gasteiger charge is -2.33. The van der Waals surface area contributed by atoms with Crippen LogP contribution in [0.5, 0.6) is 0 Å². The van der Waals surface area contributed by atoms with E-state index in [1.165, 1.54) is 0 Å². The van der Waals surface area contributed by atoms with Gasteiger partial charge in [-0.2, -0.15) is 0 Å². The first-order valence-electron chi connectivity index (χ1n) is 8.84. The van der Waals surface area contributed by atoms with Gasteiger partial charge in [-0.3, -0.25) is 4.79 Å². The molecular weight excluding hydrogens is 318 g/mol. The number of carbonyl (C=O) groups is 2. The standard InChI is InChI=1S/C19H25N3O3/c1-3-25-19(24)20-16-8-6-10-21(12-16)18(23)13-22-14(2)11-15-7-4-5-9-17(15)22/h4-5,7,9,11,16H,3,6,8,10,12-13H2,1-2H3,(H,20,24)/t16-/m0/s1. The Kier molecular flexibility index (Phi) is 5.26. The van der Waals surface area contributed by atoms with Crippen molar-refractivity contribution in [2.45, 2.75) is 39.3 Å². The fourth-order valence-electron chi connectivity index (χ4n) is 3.45. The number of rotatable bonds is 4. The molecule has 2 heterocycles. The summed E-state index contributed by atoms with van der Waals surface area (Å²) in [5.74, 6) is 0.0832. The monoisotopic (exact) mass is 343 g/mol. The SMILES string of the molecule is CCOC(=O)N[C@H]1CCCN(C(=O)Cn2c(C)cc3ccccc32)C1. The largest absolute Gasteiger partial charge is 0.450 e. The lowest BCUT2D eigenvalue weighted by atomic mass is 10.1. The van der Waals surface area contributed by atoms with E-state index in [0.717, 1.165) is 36.0 Å². The maximum absolute atomic E-state index is 12.8. The van der Waals surface area contributed by atoms with E-state index in [0.29, 0.717) is 19.7 Å². The maximum atomic E-state index is 12.8. The number of ether oxygens (including phenoxy) is 1. The second-order valence-electron chi connectivity index (χ2n) is 6.47. The Labute approximate surface area is 147 Å². The highest BCUT2D eigenvalue weighted by Gasteiger charge is 2.25. The molecule has 134 valence electrons. The van der Waals surface area contributed by atoms with E-state index >= 15 is 0 Å². The molecule has 0 unspecified atom stereocenters. The van der Waals surface area contributed by atoms with Crippen molar-refractivity contribution in [2.75, 3.05) is 19.7 Å². The number of amides is 2. The van der Waals surface area contributed by atoms with Gasteiger partial charge in [0.1, 0.15) is 6.54 Å². The van der Waals surface area contributed by atoms with Crippen LogP contribution in [-0.2, 0) is 16.1 Å². The molecule has 1 aromatic carbocycles. The van der Waals surface area contributed by atoms with Crippen LogP contribution in [0.2, 0.25) is 0 Å². The Morgan fingerprint density at radius 3 is 2.92 bits per heavy atom. The van der Waals surface area contributed by atoms with Crippen molar-refractivity contribution < 1.29 is 14.3 Å². The maximum Gasteiger partial charge on any atom is 0.407 e.